The van der Waals surface area contributed by atoms with E-state index in [4.69, 9.17) is 4.55 Å². The van der Waals surface area contributed by atoms with Crippen LogP contribution < -0.4 is 10.9 Å². The van der Waals surface area contributed by atoms with Gasteiger partial charge in [-0.3, -0.25) is 29.9 Å². The normalized spacial score (nSPS) is 20.9. The molecule has 4 N–H and O–H groups in total. The number of amides is 5. The quantitative estimate of drug-likeness (QED) is 0.313. The molecule has 0 spiro atoms. The molecule has 2 saturated heterocycles. The minimum atomic E-state index is -4.93. The molecular weight excluding hydrogens is 486 g/mol. The molecule has 14 nitrogen and oxygen atoms in total. The van der Waals surface area contributed by atoms with Crippen LogP contribution in [0, 0.1) is 0 Å². The van der Waals surface area contributed by atoms with E-state index in [0.29, 0.717) is 10.6 Å². The monoisotopic (exact) mass is 513 g/mol. The molecule has 0 aromatic heterocycles. The molecule has 5 amide bonds. The van der Waals surface area contributed by atoms with Gasteiger partial charge in [0.25, 0.3) is 11.8 Å². The van der Waals surface area contributed by atoms with Crippen molar-refractivity contribution in [3.05, 3.63) is 35.9 Å². The number of benzene rings is 1. The van der Waals surface area contributed by atoms with Gasteiger partial charge in [0, 0.05) is 12.1 Å². The Morgan fingerprint density at radius 3 is 2.31 bits per heavy atom. The van der Waals surface area contributed by atoms with E-state index in [1.165, 1.54) is 0 Å². The predicted molar refractivity (Wildman–Crippen MR) is 118 cm³/mol. The first-order valence-corrected chi connectivity index (χ1v) is 12.0. The number of rotatable bonds is 6. The third kappa shape index (κ3) is 5.80. The maximum absolute atomic E-state index is 13.1. The SMILES string of the molecule is CC(C)(C)N(C(=O)O)C(C(=O)NNC(=O)[C@@H]1CC[C@@H]2CN1C(=O)N2OS(=O)(=O)O)c1ccccc1. The van der Waals surface area contributed by atoms with E-state index in [9.17, 15) is 32.7 Å². The summed E-state index contributed by atoms with van der Waals surface area (Å²) in [6.45, 7) is 4.85. The lowest BCUT2D eigenvalue weighted by Gasteiger charge is -2.39. The van der Waals surface area contributed by atoms with Gasteiger partial charge < -0.3 is 10.0 Å². The van der Waals surface area contributed by atoms with Crippen molar-refractivity contribution in [1.82, 2.24) is 25.7 Å². The van der Waals surface area contributed by atoms with E-state index in [1.807, 2.05) is 0 Å². The largest absolute Gasteiger partial charge is 0.465 e. The molecule has 3 rings (SSSR count). The van der Waals surface area contributed by atoms with Crippen LogP contribution in [-0.4, -0.2) is 81.0 Å². The molecule has 3 atom stereocenters. The van der Waals surface area contributed by atoms with Crippen LogP contribution in [0.1, 0.15) is 45.2 Å². The van der Waals surface area contributed by atoms with Crippen LogP contribution in [0.3, 0.4) is 0 Å². The van der Waals surface area contributed by atoms with Crippen LogP contribution in [0.4, 0.5) is 9.59 Å². The topological polar surface area (TPSA) is 186 Å². The average Bonchev–Trinajstić information content (AvgIpc) is 2.98. The van der Waals surface area contributed by atoms with Gasteiger partial charge in [-0.25, -0.2) is 9.59 Å². The summed E-state index contributed by atoms with van der Waals surface area (Å²) in [6.07, 6.45) is -1.00. The minimum Gasteiger partial charge on any atom is -0.465 e. The summed E-state index contributed by atoms with van der Waals surface area (Å²) in [7, 11) is -4.93. The van der Waals surface area contributed by atoms with Crippen molar-refractivity contribution in [1.29, 1.82) is 0 Å². The first-order valence-electron chi connectivity index (χ1n) is 10.6. The fourth-order valence-electron chi connectivity index (χ4n) is 4.22. The second kappa shape index (κ2) is 9.67. The van der Waals surface area contributed by atoms with Gasteiger partial charge in [-0.05, 0) is 39.2 Å². The van der Waals surface area contributed by atoms with Crippen molar-refractivity contribution < 1.29 is 41.5 Å². The van der Waals surface area contributed by atoms with Gasteiger partial charge in [0.05, 0.1) is 6.04 Å². The predicted octanol–water partition coefficient (Wildman–Crippen LogP) is 0.657. The zero-order chi connectivity index (χ0) is 26.1. The fourth-order valence-corrected chi connectivity index (χ4v) is 4.61. The van der Waals surface area contributed by atoms with Crippen molar-refractivity contribution in [2.24, 2.45) is 0 Å². The summed E-state index contributed by atoms with van der Waals surface area (Å²) in [5.74, 6) is -1.58. The first-order chi connectivity index (χ1) is 16.2. The first kappa shape index (κ1) is 26.2. The summed E-state index contributed by atoms with van der Waals surface area (Å²) in [4.78, 5) is 52.5. The Hall–Kier alpha value is -3.43. The Morgan fingerprint density at radius 2 is 1.77 bits per heavy atom. The molecule has 1 aromatic rings. The maximum Gasteiger partial charge on any atom is 0.418 e. The zero-order valence-electron chi connectivity index (χ0n) is 19.2. The highest BCUT2D eigenvalue weighted by molar-refractivity contribution is 7.80. The van der Waals surface area contributed by atoms with E-state index in [2.05, 4.69) is 15.1 Å². The second-order valence-electron chi connectivity index (χ2n) is 9.13. The Morgan fingerprint density at radius 1 is 1.14 bits per heavy atom. The molecule has 2 bridgehead atoms. The van der Waals surface area contributed by atoms with E-state index < -0.39 is 58.0 Å². The van der Waals surface area contributed by atoms with Gasteiger partial charge in [0.1, 0.15) is 12.1 Å². The maximum atomic E-state index is 13.1. The number of carbonyl (C=O) groups is 4. The molecule has 15 heteroatoms. The van der Waals surface area contributed by atoms with Crippen molar-refractivity contribution in [2.75, 3.05) is 6.54 Å². The molecule has 192 valence electrons. The number of carbonyl (C=O) groups excluding carboxylic acids is 3. The highest BCUT2D eigenvalue weighted by Crippen LogP contribution is 2.31. The molecule has 0 aliphatic carbocycles. The van der Waals surface area contributed by atoms with Crippen LogP contribution in [0.25, 0.3) is 0 Å². The Labute approximate surface area is 201 Å². The van der Waals surface area contributed by atoms with Crippen LogP contribution >= 0.6 is 0 Å². The van der Waals surface area contributed by atoms with Gasteiger partial charge in [-0.15, -0.1) is 4.28 Å². The zero-order valence-corrected chi connectivity index (χ0v) is 20.1. The smallest absolute Gasteiger partial charge is 0.418 e. The van der Waals surface area contributed by atoms with Gasteiger partial charge >= 0.3 is 22.5 Å². The summed E-state index contributed by atoms with van der Waals surface area (Å²) < 4.78 is 35.2. The molecular formula is C20H27N5O9S. The number of piperidine rings is 1. The summed E-state index contributed by atoms with van der Waals surface area (Å²) >= 11 is 0. The molecule has 2 aliphatic rings. The number of nitrogens with one attached hydrogen (secondary N) is 2. The Bertz CT molecular complexity index is 1110. The molecule has 2 aliphatic heterocycles. The van der Waals surface area contributed by atoms with Gasteiger partial charge in [0.2, 0.25) is 0 Å². The fraction of sp³-hybridized carbons (Fsp3) is 0.500. The molecule has 1 aromatic carbocycles. The lowest BCUT2D eigenvalue weighted by atomic mass is 9.98. The highest BCUT2D eigenvalue weighted by Gasteiger charge is 2.49. The van der Waals surface area contributed by atoms with Crippen LogP contribution in [0.15, 0.2) is 30.3 Å². The number of hydrogen-bond acceptors (Lipinski definition) is 7. The number of hydrazine groups is 1. The van der Waals surface area contributed by atoms with Crippen molar-refractivity contribution in [2.45, 2.75) is 57.3 Å². The second-order valence-corrected chi connectivity index (χ2v) is 10.1. The number of nitrogens with zero attached hydrogens (tertiary/aromatic N) is 3. The van der Waals surface area contributed by atoms with Crippen LogP contribution in [0.2, 0.25) is 0 Å². The Balaban J connectivity index is 1.74. The van der Waals surface area contributed by atoms with Crippen LogP contribution in [0.5, 0.6) is 0 Å². The van der Waals surface area contributed by atoms with Crippen molar-refractivity contribution >= 4 is 34.3 Å². The molecule has 1 unspecified atom stereocenters. The highest BCUT2D eigenvalue weighted by atomic mass is 32.3. The van der Waals surface area contributed by atoms with E-state index >= 15 is 0 Å². The summed E-state index contributed by atoms with van der Waals surface area (Å²) in [6, 6.07) is 4.22. The molecule has 0 radical (unpaired) electrons. The molecule has 2 heterocycles. The minimum absolute atomic E-state index is 0.0240. The third-order valence-electron chi connectivity index (χ3n) is 5.66. The summed E-state index contributed by atoms with van der Waals surface area (Å²) in [5, 5.41) is 10.3. The Kier molecular flexibility index (Phi) is 7.23. The van der Waals surface area contributed by atoms with Gasteiger partial charge in [0.15, 0.2) is 0 Å². The van der Waals surface area contributed by atoms with E-state index in [1.54, 1.807) is 51.1 Å². The van der Waals surface area contributed by atoms with Gasteiger partial charge in [-0.2, -0.15) is 13.5 Å². The molecule has 0 saturated carbocycles. The molecule has 2 fully saturated rings. The van der Waals surface area contributed by atoms with E-state index in [0.717, 1.165) is 9.80 Å². The number of carboxylic acid groups (broad SMARTS) is 1. The third-order valence-corrected chi connectivity index (χ3v) is 6.01. The lowest BCUT2D eigenvalue weighted by molar-refractivity contribution is -0.135. The van der Waals surface area contributed by atoms with Crippen molar-refractivity contribution in [3.8, 4) is 0 Å². The average molecular weight is 514 g/mol. The number of hydroxylamine groups is 2. The van der Waals surface area contributed by atoms with Crippen molar-refractivity contribution in [3.63, 3.8) is 0 Å². The molecule has 35 heavy (non-hydrogen) atoms. The van der Waals surface area contributed by atoms with Gasteiger partial charge in [-0.1, -0.05) is 30.3 Å². The van der Waals surface area contributed by atoms with E-state index in [-0.39, 0.29) is 19.4 Å². The number of fused-ring (bicyclic) bond motifs is 2. The standard InChI is InChI=1S/C20H27N5O9S/c1-20(2,3)24(19(29)30)15(12-7-5-4-6-8-12)17(27)22-21-16(26)14-10-9-13-11-23(14)18(28)25(13)34-35(31,32)33/h4-8,13-15H,9-11H2,1-3H3,(H,21,26)(H,22,27)(H,29,30)(H,31,32,33)/t13-,14+,15?/m1/s1. The summed E-state index contributed by atoms with van der Waals surface area (Å²) in [5.41, 5.74) is 3.89. The van der Waals surface area contributed by atoms with Crippen LogP contribution in [-0.2, 0) is 24.3 Å². The lowest BCUT2D eigenvalue weighted by Crippen LogP contribution is -2.57. The number of urea groups is 1. The number of hydrogen-bond donors (Lipinski definition) is 4.